The van der Waals surface area contributed by atoms with Crippen LogP contribution in [0.3, 0.4) is 0 Å². The third-order valence-corrected chi connectivity index (χ3v) is 9.12. The maximum absolute atomic E-state index is 13.7. The molecule has 36 heavy (non-hydrogen) atoms. The topological polar surface area (TPSA) is 145 Å². The first-order valence-electron chi connectivity index (χ1n) is 11.7. The summed E-state index contributed by atoms with van der Waals surface area (Å²) in [6, 6.07) is 4.96. The van der Waals surface area contributed by atoms with Gasteiger partial charge in [-0.3, -0.25) is 9.52 Å². The van der Waals surface area contributed by atoms with E-state index in [0.29, 0.717) is 12.5 Å². The molecule has 10 nitrogen and oxygen atoms in total. The van der Waals surface area contributed by atoms with Gasteiger partial charge in [-0.05, 0) is 37.1 Å². The monoisotopic (exact) mass is 528 g/mol. The Kier molecular flexibility index (Phi) is 7.05. The molecule has 190 valence electrons. The number of carbonyl (C=O) groups is 1. The number of amides is 1. The van der Waals surface area contributed by atoms with Gasteiger partial charge in [-0.1, -0.05) is 44.9 Å². The number of hydrogen-bond donors (Lipinski definition) is 3. The largest absolute Gasteiger partial charge is 1.00 e. The van der Waals surface area contributed by atoms with E-state index >= 15 is 0 Å². The smallest absolute Gasteiger partial charge is 0.514 e. The Morgan fingerprint density at radius 1 is 1.31 bits per heavy atom. The van der Waals surface area contributed by atoms with E-state index in [0.717, 1.165) is 38.0 Å². The van der Waals surface area contributed by atoms with E-state index in [9.17, 15) is 26.7 Å². The van der Waals surface area contributed by atoms with Crippen LogP contribution in [0.15, 0.2) is 38.8 Å². The summed E-state index contributed by atoms with van der Waals surface area (Å²) in [7, 11) is -7.88. The number of fused-ring (bicyclic) bond motifs is 6. The van der Waals surface area contributed by atoms with Gasteiger partial charge in [0.1, 0.15) is 10.5 Å². The van der Waals surface area contributed by atoms with Gasteiger partial charge in [-0.15, -0.1) is 10.3 Å². The van der Waals surface area contributed by atoms with Crippen LogP contribution in [0.1, 0.15) is 39.5 Å². The van der Waals surface area contributed by atoms with Gasteiger partial charge in [0, 0.05) is 5.69 Å². The summed E-state index contributed by atoms with van der Waals surface area (Å²) in [4.78, 5) is 15.2. The Morgan fingerprint density at radius 3 is 2.69 bits per heavy atom. The van der Waals surface area contributed by atoms with Gasteiger partial charge < -0.3 is 15.3 Å². The SMILES string of the molecule is CC(C)CCN1C(=O)C(C2=NS(=O)(=O)c3cc(NS(C)(=O)=O)ccc3N2)=C(O)[C@H]2[C-]1[C@@H]1CC[C@H]2C1.[Li+]. The molecule has 4 aliphatic rings. The molecule has 13 heteroatoms. The predicted molar refractivity (Wildman–Crippen MR) is 132 cm³/mol. The number of carbonyl (C=O) groups excluding carboxylic acids is 1. The van der Waals surface area contributed by atoms with Crippen molar-refractivity contribution < 1.29 is 45.6 Å². The number of hydrogen-bond acceptors (Lipinski definition) is 7. The molecule has 2 bridgehead atoms. The average molecular weight is 529 g/mol. The van der Waals surface area contributed by atoms with Crippen molar-refractivity contribution in [3.05, 3.63) is 35.6 Å². The van der Waals surface area contributed by atoms with Crippen LogP contribution in [-0.2, 0) is 24.8 Å². The summed E-state index contributed by atoms with van der Waals surface area (Å²) < 4.78 is 55.3. The van der Waals surface area contributed by atoms with Crippen LogP contribution in [-0.4, -0.2) is 51.4 Å². The molecule has 1 aromatic carbocycles. The molecule has 0 unspecified atom stereocenters. The summed E-state index contributed by atoms with van der Waals surface area (Å²) in [5.74, 6) is -0.214. The molecule has 2 aliphatic carbocycles. The summed E-state index contributed by atoms with van der Waals surface area (Å²) in [6.45, 7) is 4.66. The van der Waals surface area contributed by atoms with E-state index in [4.69, 9.17) is 0 Å². The van der Waals surface area contributed by atoms with Crippen LogP contribution in [0.4, 0.5) is 11.4 Å². The Labute approximate surface area is 223 Å². The number of sulfonamides is 2. The third kappa shape index (κ3) is 4.69. The van der Waals surface area contributed by atoms with E-state index in [2.05, 4.69) is 28.3 Å². The second-order valence-electron chi connectivity index (χ2n) is 10.2. The minimum Gasteiger partial charge on any atom is -0.514 e. The Hall–Kier alpha value is -2.00. The minimum absolute atomic E-state index is 0. The Bertz CT molecular complexity index is 1370. The minimum atomic E-state index is -4.27. The fourth-order valence-corrected chi connectivity index (χ4v) is 7.44. The van der Waals surface area contributed by atoms with E-state index in [1.54, 1.807) is 4.90 Å². The van der Waals surface area contributed by atoms with Crippen molar-refractivity contribution in [2.45, 2.75) is 44.4 Å². The standard InChI is InChI=1S/C23H29N4O6S2.Li/c1-12(2)8-9-27-20-14-5-4-13(10-14)18(20)21(28)19(23(27)29)22-24-16-7-6-15(25-34(3,30)31)11-17(16)35(32,33)26-22;/h6-7,11-14,18,25,28H,4-5,8-10H2,1-3H3,(H,24,26);/q-1;+1/t13-,14+,18+;/m0./s1. The van der Waals surface area contributed by atoms with E-state index in [1.807, 2.05) is 0 Å². The number of anilines is 2. The number of nitrogens with one attached hydrogen (secondary N) is 2. The van der Waals surface area contributed by atoms with Gasteiger partial charge >= 0.3 is 18.9 Å². The maximum atomic E-state index is 13.7. The predicted octanol–water partition coefficient (Wildman–Crippen LogP) is -0.147. The maximum Gasteiger partial charge on any atom is 1.00 e. The third-order valence-electron chi connectivity index (χ3n) is 7.20. The molecule has 5 rings (SSSR count). The quantitative estimate of drug-likeness (QED) is 0.344. The van der Waals surface area contributed by atoms with Crippen LogP contribution >= 0.6 is 0 Å². The van der Waals surface area contributed by atoms with Crippen molar-refractivity contribution >= 4 is 43.2 Å². The summed E-state index contributed by atoms with van der Waals surface area (Å²) in [5, 5.41) is 14.2. The van der Waals surface area contributed by atoms with Crippen molar-refractivity contribution in [3.63, 3.8) is 0 Å². The zero-order chi connectivity index (χ0) is 25.3. The van der Waals surface area contributed by atoms with E-state index in [-0.39, 0.29) is 70.1 Å². The fraction of sp³-hybridized carbons (Fsp3) is 0.522. The molecule has 3 N–H and O–H groups in total. The molecule has 1 aromatic rings. The van der Waals surface area contributed by atoms with Gasteiger partial charge in [0.15, 0.2) is 5.84 Å². The molecule has 0 spiro atoms. The van der Waals surface area contributed by atoms with E-state index < -0.39 is 26.0 Å². The van der Waals surface area contributed by atoms with Gasteiger partial charge in [-0.2, -0.15) is 8.42 Å². The Balaban J connectivity index is 0.00000304. The van der Waals surface area contributed by atoms with Crippen molar-refractivity contribution in [2.24, 2.45) is 28.1 Å². The van der Waals surface area contributed by atoms with Gasteiger partial charge in [0.05, 0.1) is 17.7 Å². The molecule has 2 fully saturated rings. The normalized spacial score (nSPS) is 26.8. The number of benzene rings is 1. The molecule has 0 saturated heterocycles. The summed E-state index contributed by atoms with van der Waals surface area (Å²) >= 11 is 0. The van der Waals surface area contributed by atoms with Crippen LogP contribution in [0, 0.1) is 29.7 Å². The van der Waals surface area contributed by atoms with Gasteiger partial charge in [0.2, 0.25) is 15.9 Å². The molecular weight excluding hydrogens is 499 g/mol. The second-order valence-corrected chi connectivity index (χ2v) is 13.5. The average Bonchev–Trinajstić information content (AvgIpc) is 3.35. The number of nitrogens with zero attached hydrogens (tertiary/aromatic N) is 2. The second kappa shape index (κ2) is 9.39. The fourth-order valence-electron chi connectivity index (χ4n) is 5.74. The van der Waals surface area contributed by atoms with Crippen LogP contribution in [0.5, 0.6) is 0 Å². The van der Waals surface area contributed by atoms with Gasteiger partial charge in [0.25, 0.3) is 10.0 Å². The molecule has 1 amide bonds. The molecule has 0 aromatic heterocycles. The Morgan fingerprint density at radius 2 is 2.03 bits per heavy atom. The number of aliphatic hydroxyl groups is 1. The zero-order valence-corrected chi connectivity index (χ0v) is 22.4. The van der Waals surface area contributed by atoms with Crippen LogP contribution in [0.2, 0.25) is 0 Å². The summed E-state index contributed by atoms with van der Waals surface area (Å²) in [5.41, 5.74) is 0.119. The van der Waals surface area contributed by atoms with Gasteiger partial charge in [-0.25, -0.2) is 14.5 Å². The first kappa shape index (κ1) is 27.0. The first-order chi connectivity index (χ1) is 16.4. The number of aliphatic hydroxyl groups excluding tert-OH is 1. The van der Waals surface area contributed by atoms with Crippen LogP contribution in [0.25, 0.3) is 0 Å². The molecule has 2 aliphatic heterocycles. The first-order valence-corrected chi connectivity index (χ1v) is 15.0. The molecule has 3 atom stereocenters. The van der Waals surface area contributed by atoms with Crippen molar-refractivity contribution in [2.75, 3.05) is 22.8 Å². The van der Waals surface area contributed by atoms with E-state index in [1.165, 1.54) is 18.2 Å². The molecular formula is C23H29LiN4O6S2. The molecule has 0 radical (unpaired) electrons. The van der Waals surface area contributed by atoms with Crippen LogP contribution < -0.4 is 28.9 Å². The molecule has 2 saturated carbocycles. The number of rotatable bonds is 6. The zero-order valence-electron chi connectivity index (χ0n) is 20.8. The van der Waals surface area contributed by atoms with Crippen molar-refractivity contribution in [1.29, 1.82) is 0 Å². The molecule has 2 heterocycles. The summed E-state index contributed by atoms with van der Waals surface area (Å²) in [6.07, 6.45) is 4.62. The van der Waals surface area contributed by atoms with Crippen molar-refractivity contribution in [1.82, 2.24) is 4.90 Å². The number of amidine groups is 1. The van der Waals surface area contributed by atoms with Crippen molar-refractivity contribution in [3.8, 4) is 0 Å².